The van der Waals surface area contributed by atoms with Crippen LogP contribution in [0.15, 0.2) is 42.5 Å². The largest absolute Gasteiger partial charge is 0.465 e. The third-order valence-electron chi connectivity index (χ3n) is 4.76. The fourth-order valence-corrected chi connectivity index (χ4v) is 3.15. The Morgan fingerprint density at radius 3 is 2.00 bits per heavy atom. The van der Waals surface area contributed by atoms with E-state index in [2.05, 4.69) is 10.2 Å². The first-order valence-corrected chi connectivity index (χ1v) is 9.52. The summed E-state index contributed by atoms with van der Waals surface area (Å²) >= 11 is 0. The molecule has 0 spiro atoms. The number of hydrogen-bond donors (Lipinski definition) is 1. The zero-order valence-corrected chi connectivity index (χ0v) is 17.0. The highest BCUT2D eigenvalue weighted by Gasteiger charge is 2.16. The number of methoxy groups -OCH3 is 2. The van der Waals surface area contributed by atoms with Crippen molar-refractivity contribution in [2.45, 2.75) is 6.54 Å². The second-order valence-electron chi connectivity index (χ2n) is 6.82. The number of carbonyl (C=O) groups excluding carboxylic acids is 3. The first kappa shape index (κ1) is 21.5. The van der Waals surface area contributed by atoms with Gasteiger partial charge < -0.3 is 19.5 Å². The molecule has 0 saturated carbocycles. The van der Waals surface area contributed by atoms with Gasteiger partial charge in [-0.25, -0.2) is 9.59 Å². The number of morpholine rings is 1. The Morgan fingerprint density at radius 1 is 0.900 bits per heavy atom. The average molecular weight is 412 g/mol. The highest BCUT2D eigenvalue weighted by atomic mass is 16.5. The van der Waals surface area contributed by atoms with Gasteiger partial charge in [0.25, 0.3) is 5.91 Å². The number of benzene rings is 2. The summed E-state index contributed by atoms with van der Waals surface area (Å²) in [7, 11) is 2.48. The number of carbonyl (C=O) groups is 3. The third-order valence-corrected chi connectivity index (χ3v) is 4.76. The second kappa shape index (κ2) is 10.00. The van der Waals surface area contributed by atoms with Crippen LogP contribution in [0.3, 0.4) is 0 Å². The number of nitrogens with zero attached hydrogens (tertiary/aromatic N) is 1. The van der Waals surface area contributed by atoms with Gasteiger partial charge in [0.15, 0.2) is 0 Å². The van der Waals surface area contributed by atoms with Crippen molar-refractivity contribution in [3.8, 4) is 0 Å². The molecule has 0 bridgehead atoms. The lowest BCUT2D eigenvalue weighted by atomic mass is 10.1. The van der Waals surface area contributed by atoms with E-state index in [-0.39, 0.29) is 17.0 Å². The molecule has 1 aliphatic heterocycles. The van der Waals surface area contributed by atoms with E-state index in [0.717, 1.165) is 38.4 Å². The van der Waals surface area contributed by atoms with Gasteiger partial charge in [0.2, 0.25) is 0 Å². The van der Waals surface area contributed by atoms with E-state index in [9.17, 15) is 14.4 Å². The smallest absolute Gasteiger partial charge is 0.337 e. The molecular formula is C22H24N2O6. The summed E-state index contributed by atoms with van der Waals surface area (Å²) in [6, 6.07) is 11.6. The minimum absolute atomic E-state index is 0.136. The van der Waals surface area contributed by atoms with E-state index >= 15 is 0 Å². The fourth-order valence-electron chi connectivity index (χ4n) is 3.15. The van der Waals surface area contributed by atoms with Crippen molar-refractivity contribution in [2.24, 2.45) is 0 Å². The Hall–Kier alpha value is -3.23. The number of esters is 2. The van der Waals surface area contributed by atoms with Crippen molar-refractivity contribution >= 4 is 23.5 Å². The van der Waals surface area contributed by atoms with Gasteiger partial charge in [-0.3, -0.25) is 9.69 Å². The maximum atomic E-state index is 12.6. The van der Waals surface area contributed by atoms with Gasteiger partial charge in [-0.2, -0.15) is 0 Å². The Balaban J connectivity index is 1.72. The normalized spacial score (nSPS) is 14.1. The highest BCUT2D eigenvalue weighted by molar-refractivity contribution is 6.06. The zero-order valence-electron chi connectivity index (χ0n) is 17.0. The van der Waals surface area contributed by atoms with Crippen LogP contribution in [-0.2, 0) is 20.8 Å². The molecule has 158 valence electrons. The molecule has 8 nitrogen and oxygen atoms in total. The molecule has 0 aliphatic carbocycles. The minimum Gasteiger partial charge on any atom is -0.465 e. The summed E-state index contributed by atoms with van der Waals surface area (Å²) in [4.78, 5) is 38.7. The molecule has 3 rings (SSSR count). The van der Waals surface area contributed by atoms with E-state index in [1.165, 1.54) is 32.4 Å². The Bertz CT molecular complexity index is 885. The van der Waals surface area contributed by atoms with Crippen molar-refractivity contribution in [2.75, 3.05) is 45.8 Å². The molecule has 30 heavy (non-hydrogen) atoms. The Kier molecular flexibility index (Phi) is 7.16. The van der Waals surface area contributed by atoms with E-state index < -0.39 is 11.9 Å². The third kappa shape index (κ3) is 5.43. The molecule has 1 heterocycles. The number of hydrogen-bond acceptors (Lipinski definition) is 7. The van der Waals surface area contributed by atoms with Crippen molar-refractivity contribution in [3.05, 3.63) is 64.7 Å². The van der Waals surface area contributed by atoms with Crippen LogP contribution < -0.4 is 5.32 Å². The van der Waals surface area contributed by atoms with Crippen LogP contribution >= 0.6 is 0 Å². The molecule has 8 heteroatoms. The zero-order chi connectivity index (χ0) is 21.5. The maximum absolute atomic E-state index is 12.6. The summed E-state index contributed by atoms with van der Waals surface area (Å²) in [6.45, 7) is 4.05. The van der Waals surface area contributed by atoms with Gasteiger partial charge in [-0.15, -0.1) is 0 Å². The summed E-state index contributed by atoms with van der Waals surface area (Å²) in [5.41, 5.74) is 2.13. The van der Waals surface area contributed by atoms with Crippen molar-refractivity contribution in [1.82, 2.24) is 4.90 Å². The van der Waals surface area contributed by atoms with Crippen molar-refractivity contribution < 1.29 is 28.6 Å². The molecule has 1 saturated heterocycles. The molecule has 1 aliphatic rings. The molecule has 1 fully saturated rings. The van der Waals surface area contributed by atoms with E-state index in [1.54, 1.807) is 12.1 Å². The average Bonchev–Trinajstić information content (AvgIpc) is 2.78. The monoisotopic (exact) mass is 412 g/mol. The summed E-state index contributed by atoms with van der Waals surface area (Å²) < 4.78 is 14.8. The SMILES string of the molecule is COC(=O)c1cc(NC(=O)c2ccc(CN3CCOCC3)cc2)cc(C(=O)OC)c1. The lowest BCUT2D eigenvalue weighted by Crippen LogP contribution is -2.35. The number of nitrogens with one attached hydrogen (secondary N) is 1. The van der Waals surface area contributed by atoms with Crippen LogP contribution in [0.5, 0.6) is 0 Å². The van der Waals surface area contributed by atoms with Gasteiger partial charge in [-0.05, 0) is 35.9 Å². The summed E-state index contributed by atoms with van der Waals surface area (Å²) in [5, 5.41) is 2.72. The Morgan fingerprint density at radius 2 is 1.47 bits per heavy atom. The van der Waals surface area contributed by atoms with Crippen LogP contribution in [0, 0.1) is 0 Å². The van der Waals surface area contributed by atoms with Crippen LogP contribution in [-0.4, -0.2) is 63.3 Å². The maximum Gasteiger partial charge on any atom is 0.337 e. The second-order valence-corrected chi connectivity index (χ2v) is 6.82. The molecular weight excluding hydrogens is 388 g/mol. The van der Waals surface area contributed by atoms with Crippen LogP contribution in [0.1, 0.15) is 36.6 Å². The van der Waals surface area contributed by atoms with E-state index in [0.29, 0.717) is 11.3 Å². The number of anilines is 1. The summed E-state index contributed by atoms with van der Waals surface area (Å²) in [6.07, 6.45) is 0. The fraction of sp³-hybridized carbons (Fsp3) is 0.318. The van der Waals surface area contributed by atoms with Crippen molar-refractivity contribution in [1.29, 1.82) is 0 Å². The highest BCUT2D eigenvalue weighted by Crippen LogP contribution is 2.18. The standard InChI is InChI=1S/C22H24N2O6/c1-28-21(26)17-11-18(22(27)29-2)13-19(12-17)23-20(25)16-5-3-15(4-6-16)14-24-7-9-30-10-8-24/h3-6,11-13H,7-10,14H2,1-2H3,(H,23,25). The Labute approximate surface area is 174 Å². The van der Waals surface area contributed by atoms with Crippen molar-refractivity contribution in [3.63, 3.8) is 0 Å². The molecule has 0 aromatic heterocycles. The first-order chi connectivity index (χ1) is 14.5. The topological polar surface area (TPSA) is 94.2 Å². The predicted molar refractivity (Wildman–Crippen MR) is 110 cm³/mol. The van der Waals surface area contributed by atoms with Gasteiger partial charge in [0.05, 0.1) is 38.6 Å². The lowest BCUT2D eigenvalue weighted by Gasteiger charge is -2.26. The van der Waals surface area contributed by atoms with Gasteiger partial charge in [-0.1, -0.05) is 12.1 Å². The van der Waals surface area contributed by atoms with Crippen LogP contribution in [0.2, 0.25) is 0 Å². The van der Waals surface area contributed by atoms with Crippen LogP contribution in [0.4, 0.5) is 5.69 Å². The minimum atomic E-state index is -0.622. The molecule has 1 amide bonds. The van der Waals surface area contributed by atoms with E-state index in [4.69, 9.17) is 14.2 Å². The molecule has 2 aromatic carbocycles. The van der Waals surface area contributed by atoms with Gasteiger partial charge in [0.1, 0.15) is 0 Å². The molecule has 2 aromatic rings. The number of ether oxygens (including phenoxy) is 3. The molecule has 0 radical (unpaired) electrons. The lowest BCUT2D eigenvalue weighted by molar-refractivity contribution is 0.0342. The van der Waals surface area contributed by atoms with E-state index in [1.807, 2.05) is 12.1 Å². The molecule has 0 unspecified atom stereocenters. The van der Waals surface area contributed by atoms with Gasteiger partial charge >= 0.3 is 11.9 Å². The molecule has 0 atom stereocenters. The van der Waals surface area contributed by atoms with Crippen LogP contribution in [0.25, 0.3) is 0 Å². The molecule has 1 N–H and O–H groups in total. The number of rotatable bonds is 6. The first-order valence-electron chi connectivity index (χ1n) is 9.52. The quantitative estimate of drug-likeness (QED) is 0.728. The van der Waals surface area contributed by atoms with Gasteiger partial charge in [0, 0.05) is 30.9 Å². The number of amides is 1. The predicted octanol–water partition coefficient (Wildman–Crippen LogP) is 2.34. The summed E-state index contributed by atoms with van der Waals surface area (Å²) in [5.74, 6) is -1.60.